The third-order valence-electron chi connectivity index (χ3n) is 21.0. The molecule has 38 heteroatoms. The number of aryl methyl sites for hydroxylation is 2. The Morgan fingerprint density at radius 3 is 1.27 bits per heavy atom. The standard InChI is InChI=1S/C25H19ClFN3O4S.C25H25N3O5S.C24H18ClFN4O4S.C19H17N3O4S/c26-22-8-5-17(13-21(22)24-19-4-2-1-3-16(19)9-10-28-24)29-25(31)20-7-6-18(14-23(20)27)30-11-12-34-15-35(30,32)33;1-17-8-9-20(15-23(17)27-24(29)19-6-4-3-5-7-19)26-25(30)22-11-10-21(14-18(22)2)28-12-13-33-16-34(28,31)32;25-20-6-3-15(12-19(20)23-18-2-1-8-27-22(18)7-9-28-23)29-24(31)17-5-4-16(13-21(17)26)30-10-11-34-14-35(30,32)33;23-19(21-16-5-8-18-15(12-16)2-1-9-20-18)14-3-6-17(7-4-14)22-10-11-26-13-27(22,24)25/h1-10,13-14H,11-12,15H2,(H,29,31);3-11,14-15H,12-13,16H2,1-2H3,(H,26,30)(H,27,29);1-9,12-13H,10-11,14H2,(H,29,31);1-9,12H,10-11,13H2,(H,21,23). The van der Waals surface area contributed by atoms with Crippen LogP contribution in [-0.2, 0) is 59.0 Å². The lowest BCUT2D eigenvalue weighted by molar-refractivity contribution is 0.101. The molecule has 5 N–H and O–H groups in total. The number of ether oxygens (including phenoxy) is 4. The van der Waals surface area contributed by atoms with Gasteiger partial charge < -0.3 is 45.5 Å². The molecule has 4 aliphatic heterocycles. The van der Waals surface area contributed by atoms with Crippen molar-refractivity contribution in [1.29, 1.82) is 0 Å². The molecule has 4 fully saturated rings. The highest BCUT2D eigenvalue weighted by molar-refractivity contribution is 7.93. The molecule has 0 bridgehead atoms. The molecule has 0 atom stereocenters. The summed E-state index contributed by atoms with van der Waals surface area (Å²) in [6.45, 7) is 5.32. The summed E-state index contributed by atoms with van der Waals surface area (Å²) in [6, 6.07) is 67.0. The van der Waals surface area contributed by atoms with Gasteiger partial charge in [0.2, 0.25) is 0 Å². The third-order valence-corrected chi connectivity index (χ3v) is 27.7. The van der Waals surface area contributed by atoms with Gasteiger partial charge in [-0.3, -0.25) is 61.1 Å². The van der Waals surface area contributed by atoms with E-state index in [0.717, 1.165) is 58.9 Å². The maximum Gasteiger partial charge on any atom is 0.259 e. The number of amides is 5. The van der Waals surface area contributed by atoms with E-state index < -0.39 is 75.4 Å². The van der Waals surface area contributed by atoms with Crippen LogP contribution >= 0.6 is 23.2 Å². The van der Waals surface area contributed by atoms with Gasteiger partial charge in [-0.15, -0.1) is 0 Å². The molecule has 0 radical (unpaired) electrons. The van der Waals surface area contributed by atoms with Crippen LogP contribution in [0.15, 0.2) is 267 Å². The topological polar surface area (TPSA) is 383 Å². The van der Waals surface area contributed by atoms with E-state index in [0.29, 0.717) is 108 Å². The SMILES string of the molecule is Cc1ccc(NC(=O)c2ccc(N3CCOCS3(=O)=O)cc2C)cc1NC(=O)c1ccccc1.O=C(Nc1ccc(Cl)c(-c2nccc3ccccc23)c1)c1ccc(N2CCOCS2(=O)=O)cc1F.O=C(Nc1ccc(Cl)c(-c2nccc3ncccc23)c1)c1ccc(N2CCOCS2(=O)=O)cc1F.O=C(Nc1ccc2ncccc2c1)c1ccc(N2CCOCS2(=O)=O)cc1. The minimum atomic E-state index is -3.70. The zero-order valence-electron chi connectivity index (χ0n) is 69.6. The average Bonchev–Trinajstić information content (AvgIpc) is 0.788. The Kier molecular flexibility index (Phi) is 28.1. The van der Waals surface area contributed by atoms with Gasteiger partial charge in [0.15, 0.2) is 23.8 Å². The number of carbonyl (C=O) groups excluding carboxylic acids is 5. The zero-order chi connectivity index (χ0) is 92.3. The van der Waals surface area contributed by atoms with Crippen molar-refractivity contribution in [2.75, 3.05) is 120 Å². The highest BCUT2D eigenvalue weighted by Gasteiger charge is 2.33. The summed E-state index contributed by atoms with van der Waals surface area (Å²) in [5.74, 6) is -5.54. The van der Waals surface area contributed by atoms with Crippen LogP contribution in [0.4, 0.5) is 60.0 Å². The Morgan fingerprint density at radius 2 is 0.740 bits per heavy atom. The molecular weight excluding hydrogens is 1810 g/mol. The number of pyridine rings is 4. The summed E-state index contributed by atoms with van der Waals surface area (Å²) in [7, 11) is -14.4. The predicted molar refractivity (Wildman–Crippen MR) is 500 cm³/mol. The van der Waals surface area contributed by atoms with Gasteiger partial charge in [-0.1, -0.05) is 77.8 Å². The molecule has 4 saturated heterocycles. The Labute approximate surface area is 761 Å². The van der Waals surface area contributed by atoms with Crippen LogP contribution in [0.2, 0.25) is 10.0 Å². The van der Waals surface area contributed by atoms with E-state index in [-0.39, 0.29) is 91.5 Å². The molecule has 10 aromatic carbocycles. The Bertz CT molecular complexity index is 7030. The van der Waals surface area contributed by atoms with Crippen LogP contribution < -0.4 is 43.8 Å². The quantitative estimate of drug-likeness (QED) is 0.0600. The van der Waals surface area contributed by atoms with Crippen molar-refractivity contribution in [3.63, 3.8) is 0 Å². The molecule has 0 unspecified atom stereocenters. The molecule has 30 nitrogen and oxygen atoms in total. The summed E-state index contributed by atoms with van der Waals surface area (Å²) in [5, 5.41) is 18.4. The summed E-state index contributed by atoms with van der Waals surface area (Å²) >= 11 is 12.9. The Morgan fingerprint density at radius 1 is 0.336 bits per heavy atom. The fourth-order valence-corrected chi connectivity index (χ4v) is 19.8. The average molecular weight is 1890 g/mol. The van der Waals surface area contributed by atoms with Gasteiger partial charge in [0.05, 0.1) is 119 Å². The smallest absolute Gasteiger partial charge is 0.259 e. The van der Waals surface area contributed by atoms with E-state index in [4.69, 9.17) is 42.1 Å². The van der Waals surface area contributed by atoms with E-state index in [1.807, 2.05) is 79.7 Å². The Balaban J connectivity index is 0.000000134. The number of hydrogen-bond acceptors (Lipinski definition) is 21. The molecular formula is C93H79Cl2F2N13O17S4. The van der Waals surface area contributed by atoms with E-state index in [1.54, 1.807) is 165 Å². The molecule has 18 rings (SSSR count). The number of rotatable bonds is 16. The number of fused-ring (bicyclic) bond motifs is 3. The molecule has 5 amide bonds. The number of carbonyl (C=O) groups is 5. The normalized spacial score (nSPS) is 15.3. The molecule has 0 spiro atoms. The lowest BCUT2D eigenvalue weighted by Gasteiger charge is -2.28. The molecule has 4 aromatic heterocycles. The fourth-order valence-electron chi connectivity index (χ4n) is 14.4. The predicted octanol–water partition coefficient (Wildman–Crippen LogP) is 16.1. The lowest BCUT2D eigenvalue weighted by atomic mass is 10.0. The van der Waals surface area contributed by atoms with Crippen LogP contribution in [0.1, 0.15) is 62.9 Å². The second kappa shape index (κ2) is 40.1. The van der Waals surface area contributed by atoms with Gasteiger partial charge >= 0.3 is 0 Å². The highest BCUT2D eigenvalue weighted by Crippen LogP contribution is 2.38. The van der Waals surface area contributed by atoms with Crippen molar-refractivity contribution in [2.45, 2.75) is 13.8 Å². The number of sulfonamides is 4. The van der Waals surface area contributed by atoms with Crippen molar-refractivity contribution in [3.8, 4) is 22.5 Å². The maximum absolute atomic E-state index is 14.8. The summed E-state index contributed by atoms with van der Waals surface area (Å²) < 4.78 is 152. The third kappa shape index (κ3) is 21.7. The first-order chi connectivity index (χ1) is 62.9. The molecule has 0 aliphatic carbocycles. The molecule has 670 valence electrons. The summed E-state index contributed by atoms with van der Waals surface area (Å²) in [4.78, 5) is 81.1. The van der Waals surface area contributed by atoms with Crippen LogP contribution in [0.5, 0.6) is 0 Å². The van der Waals surface area contributed by atoms with Crippen LogP contribution in [0.25, 0.3) is 55.1 Å². The lowest BCUT2D eigenvalue weighted by Crippen LogP contribution is -2.41. The molecule has 131 heavy (non-hydrogen) atoms. The minimum absolute atomic E-state index is 0.0680. The zero-order valence-corrected chi connectivity index (χ0v) is 74.3. The van der Waals surface area contributed by atoms with Gasteiger partial charge in [0.25, 0.3) is 69.6 Å². The van der Waals surface area contributed by atoms with E-state index in [9.17, 15) is 66.4 Å². The number of aromatic nitrogens is 4. The van der Waals surface area contributed by atoms with Crippen molar-refractivity contribution in [3.05, 3.63) is 328 Å². The van der Waals surface area contributed by atoms with Gasteiger partial charge in [-0.25, -0.2) is 42.5 Å². The minimum Gasteiger partial charge on any atom is -0.362 e. The number of nitrogens with zero attached hydrogens (tertiary/aromatic N) is 8. The van der Waals surface area contributed by atoms with Crippen molar-refractivity contribution in [2.24, 2.45) is 0 Å². The maximum atomic E-state index is 14.8. The monoisotopic (exact) mass is 1890 g/mol. The van der Waals surface area contributed by atoms with Crippen molar-refractivity contribution < 1.29 is 85.4 Å². The summed E-state index contributed by atoms with van der Waals surface area (Å²) in [5.41, 5.74) is 10.4. The van der Waals surface area contributed by atoms with Gasteiger partial charge in [0.1, 0.15) is 11.6 Å². The first kappa shape index (κ1) is 91.9. The van der Waals surface area contributed by atoms with E-state index in [1.165, 1.54) is 32.9 Å². The number of halogens is 4. The first-order valence-electron chi connectivity index (χ1n) is 40.3. The second-order valence-electron chi connectivity index (χ2n) is 29.8. The van der Waals surface area contributed by atoms with Gasteiger partial charge in [0, 0.05) is 97.2 Å². The number of hydrogen-bond donors (Lipinski definition) is 5. The van der Waals surface area contributed by atoms with Crippen LogP contribution in [0.3, 0.4) is 0 Å². The molecule has 4 aliphatic rings. The number of benzene rings is 10. The second-order valence-corrected chi connectivity index (χ2v) is 38.0. The van der Waals surface area contributed by atoms with Gasteiger partial charge in [-0.05, 0) is 218 Å². The molecule has 0 saturated carbocycles. The molecule has 8 heterocycles. The first-order valence-corrected chi connectivity index (χ1v) is 47.5. The summed E-state index contributed by atoms with van der Waals surface area (Å²) in [6.07, 6.45) is 6.71. The fraction of sp³-hybridized carbons (Fsp3) is 0.151. The van der Waals surface area contributed by atoms with Crippen molar-refractivity contribution >= 4 is 177 Å². The van der Waals surface area contributed by atoms with Crippen LogP contribution in [0, 0.1) is 25.5 Å². The molecule has 14 aromatic rings. The van der Waals surface area contributed by atoms with Crippen molar-refractivity contribution in [1.82, 2.24) is 19.9 Å². The van der Waals surface area contributed by atoms with E-state index in [2.05, 4.69) is 46.5 Å². The van der Waals surface area contributed by atoms with Crippen LogP contribution in [-0.4, -0.2) is 160 Å². The largest absolute Gasteiger partial charge is 0.362 e. The van der Waals surface area contributed by atoms with Gasteiger partial charge in [-0.2, -0.15) is 0 Å². The number of nitrogens with one attached hydrogen (secondary N) is 5. The number of anilines is 9. The Hall–Kier alpha value is -13.8. The van der Waals surface area contributed by atoms with E-state index >= 15 is 0 Å². The highest BCUT2D eigenvalue weighted by atomic mass is 35.5.